The maximum Gasteiger partial charge on any atom is 0.255 e. The minimum atomic E-state index is -1.84. The monoisotopic (exact) mass is 398 g/mol. The van der Waals surface area contributed by atoms with E-state index in [9.17, 15) is 18.8 Å². The highest BCUT2D eigenvalue weighted by Crippen LogP contribution is 2.32. The SMILES string of the molecule is [2H]C1(N2Cc3c(NCc4ccc(OC)cc4F)cccc3C2=O)CCC(=O)NC1=O. The number of hydrogen-bond donors (Lipinski definition) is 2. The Kier molecular flexibility index (Phi) is 4.59. The number of rotatable bonds is 5. The molecule has 2 aromatic rings. The quantitative estimate of drug-likeness (QED) is 0.754. The number of carbonyl (C=O) groups is 3. The topological polar surface area (TPSA) is 87.7 Å². The molecule has 0 radical (unpaired) electrons. The van der Waals surface area contributed by atoms with Gasteiger partial charge in [-0.25, -0.2) is 4.39 Å². The van der Waals surface area contributed by atoms with Crippen LogP contribution >= 0.6 is 0 Å². The highest BCUT2D eigenvalue weighted by Gasteiger charge is 2.39. The molecular weight excluding hydrogens is 377 g/mol. The Labute approximate surface area is 168 Å². The molecular formula is C21H20FN3O4. The first-order valence-electron chi connectivity index (χ1n) is 9.68. The lowest BCUT2D eigenvalue weighted by Gasteiger charge is -2.29. The molecule has 7 nitrogen and oxygen atoms in total. The molecule has 0 bridgehead atoms. The summed E-state index contributed by atoms with van der Waals surface area (Å²) in [6.07, 6.45) is -0.0611. The standard InChI is InChI=1S/C21H20FN3O4/c1-29-13-6-5-12(16(22)9-13)10-23-17-4-2-3-14-15(17)11-25(21(14)28)18-7-8-19(26)24-20(18)27/h2-6,9,18,23H,7-8,10-11H2,1H3,(H,24,26,27)/i18D. The second-order valence-electron chi connectivity index (χ2n) is 6.86. The van der Waals surface area contributed by atoms with E-state index in [1.54, 1.807) is 30.3 Å². The van der Waals surface area contributed by atoms with Gasteiger partial charge in [-0.2, -0.15) is 0 Å². The first kappa shape index (κ1) is 17.7. The van der Waals surface area contributed by atoms with Crippen molar-refractivity contribution in [2.24, 2.45) is 0 Å². The lowest BCUT2D eigenvalue weighted by atomic mass is 10.0. The molecule has 4 rings (SSSR count). The van der Waals surface area contributed by atoms with Crippen molar-refractivity contribution >= 4 is 23.4 Å². The minimum Gasteiger partial charge on any atom is -0.497 e. The van der Waals surface area contributed by atoms with Gasteiger partial charge in [-0.3, -0.25) is 19.7 Å². The van der Waals surface area contributed by atoms with Crippen LogP contribution in [0.25, 0.3) is 0 Å². The average Bonchev–Trinajstić information content (AvgIpc) is 3.08. The van der Waals surface area contributed by atoms with Crippen LogP contribution in [0.5, 0.6) is 5.75 Å². The zero-order chi connectivity index (χ0) is 21.5. The van der Waals surface area contributed by atoms with Crippen LogP contribution in [0.3, 0.4) is 0 Å². The molecule has 2 aromatic carbocycles. The normalized spacial score (nSPS) is 21.5. The van der Waals surface area contributed by atoms with Crippen molar-refractivity contribution in [1.29, 1.82) is 0 Å². The lowest BCUT2D eigenvalue weighted by Crippen LogP contribution is -2.52. The lowest BCUT2D eigenvalue weighted by molar-refractivity contribution is -0.136. The van der Waals surface area contributed by atoms with Gasteiger partial charge in [0.15, 0.2) is 0 Å². The van der Waals surface area contributed by atoms with Crippen molar-refractivity contribution in [3.05, 3.63) is 58.9 Å². The number of fused-ring (bicyclic) bond motifs is 1. The van der Waals surface area contributed by atoms with Crippen molar-refractivity contribution in [3.8, 4) is 5.75 Å². The number of piperidine rings is 1. The maximum absolute atomic E-state index is 14.2. The van der Waals surface area contributed by atoms with Crippen molar-refractivity contribution in [2.45, 2.75) is 31.9 Å². The van der Waals surface area contributed by atoms with Crippen molar-refractivity contribution in [2.75, 3.05) is 12.4 Å². The number of hydrogen-bond acceptors (Lipinski definition) is 5. The smallest absolute Gasteiger partial charge is 0.255 e. The van der Waals surface area contributed by atoms with Crippen LogP contribution < -0.4 is 15.4 Å². The summed E-state index contributed by atoms with van der Waals surface area (Å²) < 4.78 is 27.8. The number of nitrogens with one attached hydrogen (secondary N) is 2. The zero-order valence-corrected chi connectivity index (χ0v) is 15.8. The number of methoxy groups -OCH3 is 1. The number of amides is 3. The summed E-state index contributed by atoms with van der Waals surface area (Å²) in [6, 6.07) is 7.81. The molecule has 1 unspecified atom stereocenters. The van der Waals surface area contributed by atoms with Crippen LogP contribution in [0.4, 0.5) is 10.1 Å². The van der Waals surface area contributed by atoms with Gasteiger partial charge < -0.3 is 15.0 Å². The van der Waals surface area contributed by atoms with Gasteiger partial charge in [0, 0.05) is 48.0 Å². The van der Waals surface area contributed by atoms with Crippen LogP contribution in [-0.2, 0) is 22.7 Å². The van der Waals surface area contributed by atoms with Crippen molar-refractivity contribution in [1.82, 2.24) is 10.2 Å². The predicted molar refractivity (Wildman–Crippen MR) is 103 cm³/mol. The second-order valence-corrected chi connectivity index (χ2v) is 6.86. The third-order valence-electron chi connectivity index (χ3n) is 5.13. The summed E-state index contributed by atoms with van der Waals surface area (Å²) in [5.41, 5.74) is 2.06. The molecule has 0 spiro atoms. The number of benzene rings is 2. The van der Waals surface area contributed by atoms with Gasteiger partial charge in [0.05, 0.1) is 8.48 Å². The van der Waals surface area contributed by atoms with Crippen LogP contribution in [0.1, 0.15) is 35.7 Å². The van der Waals surface area contributed by atoms with Gasteiger partial charge in [0.1, 0.15) is 17.6 Å². The molecule has 8 heteroatoms. The summed E-state index contributed by atoms with van der Waals surface area (Å²) in [6.45, 7) is 0.231. The molecule has 0 aliphatic carbocycles. The van der Waals surface area contributed by atoms with Crippen LogP contribution in [-0.4, -0.2) is 35.7 Å². The minimum absolute atomic E-state index is 0.00276. The van der Waals surface area contributed by atoms with Crippen LogP contribution in [0.2, 0.25) is 0 Å². The Morgan fingerprint density at radius 1 is 1.31 bits per heavy atom. The third kappa shape index (κ3) is 3.53. The Hall–Kier alpha value is -3.42. The molecule has 2 aliphatic rings. The molecule has 1 atom stereocenters. The first-order valence-corrected chi connectivity index (χ1v) is 9.18. The Morgan fingerprint density at radius 2 is 2.14 bits per heavy atom. The number of anilines is 1. The number of carbonyl (C=O) groups excluding carboxylic acids is 3. The highest BCUT2D eigenvalue weighted by molar-refractivity contribution is 6.06. The Balaban J connectivity index is 1.56. The van der Waals surface area contributed by atoms with Crippen LogP contribution in [0.15, 0.2) is 36.4 Å². The Morgan fingerprint density at radius 3 is 2.86 bits per heavy atom. The third-order valence-corrected chi connectivity index (χ3v) is 5.13. The number of nitrogens with zero attached hydrogens (tertiary/aromatic N) is 1. The summed E-state index contributed by atoms with van der Waals surface area (Å²) in [5, 5.41) is 5.28. The van der Waals surface area contributed by atoms with Gasteiger partial charge >= 0.3 is 0 Å². The summed E-state index contributed by atoms with van der Waals surface area (Å²) >= 11 is 0. The number of halogens is 1. The van der Waals surface area contributed by atoms with Crippen molar-refractivity contribution in [3.63, 3.8) is 0 Å². The van der Waals surface area contributed by atoms with E-state index in [0.29, 0.717) is 28.1 Å². The van der Waals surface area contributed by atoms with Gasteiger partial charge in [-0.05, 0) is 24.6 Å². The fraction of sp³-hybridized carbons (Fsp3) is 0.286. The van der Waals surface area contributed by atoms with E-state index in [4.69, 9.17) is 6.11 Å². The second kappa shape index (κ2) is 7.54. The van der Waals surface area contributed by atoms with Crippen molar-refractivity contribution < 1.29 is 24.9 Å². The summed E-state index contributed by atoms with van der Waals surface area (Å²) in [4.78, 5) is 37.9. The van der Waals surface area contributed by atoms with E-state index in [-0.39, 0.29) is 25.9 Å². The molecule has 150 valence electrons. The predicted octanol–water partition coefficient (Wildman–Crippen LogP) is 2.21. The number of ether oxygens (including phenoxy) is 1. The molecule has 2 N–H and O–H groups in total. The van der Waals surface area contributed by atoms with E-state index in [0.717, 1.165) is 0 Å². The fourth-order valence-corrected chi connectivity index (χ4v) is 3.57. The highest BCUT2D eigenvalue weighted by atomic mass is 19.1. The van der Waals surface area contributed by atoms with E-state index >= 15 is 0 Å². The van der Waals surface area contributed by atoms with Crippen LogP contribution in [0, 0.1) is 5.82 Å². The van der Waals surface area contributed by atoms with Gasteiger partial charge in [0.25, 0.3) is 5.91 Å². The fourth-order valence-electron chi connectivity index (χ4n) is 3.57. The molecule has 2 aliphatic heterocycles. The maximum atomic E-state index is 14.2. The summed E-state index contributed by atoms with van der Waals surface area (Å²) in [7, 11) is 1.46. The molecule has 2 heterocycles. The molecule has 29 heavy (non-hydrogen) atoms. The van der Waals surface area contributed by atoms with Gasteiger partial charge in [-0.15, -0.1) is 0 Å². The van der Waals surface area contributed by atoms with E-state index in [1.165, 1.54) is 18.1 Å². The average molecular weight is 398 g/mol. The number of imide groups is 1. The van der Waals surface area contributed by atoms with Gasteiger partial charge in [-0.1, -0.05) is 12.1 Å². The Bertz CT molecular complexity index is 1060. The molecule has 0 saturated carbocycles. The van der Waals surface area contributed by atoms with Gasteiger partial charge in [0.2, 0.25) is 11.8 Å². The molecule has 0 aromatic heterocycles. The molecule has 1 saturated heterocycles. The molecule has 1 fully saturated rings. The van der Waals surface area contributed by atoms with E-state index in [2.05, 4.69) is 10.6 Å². The van der Waals surface area contributed by atoms with E-state index < -0.39 is 29.6 Å². The largest absolute Gasteiger partial charge is 0.497 e. The molecule has 3 amide bonds. The summed E-state index contributed by atoms with van der Waals surface area (Å²) in [5.74, 6) is -1.68. The first-order chi connectivity index (χ1) is 14.3. The zero-order valence-electron chi connectivity index (χ0n) is 16.8. The van der Waals surface area contributed by atoms with E-state index in [1.807, 2.05) is 0 Å².